The minimum atomic E-state index is -1.27. The number of hydrogen-bond acceptors (Lipinski definition) is 11. The maximum Gasteiger partial charge on any atom is 0.338 e. The van der Waals surface area contributed by atoms with Gasteiger partial charge in [-0.15, -0.1) is 0 Å². The van der Waals surface area contributed by atoms with Crippen LogP contribution in [0.15, 0.2) is 48.5 Å². The molecule has 0 radical (unpaired) electrons. The molecule has 6 fully saturated rings. The second-order valence-corrected chi connectivity index (χ2v) is 15.8. The predicted octanol–water partition coefficient (Wildman–Crippen LogP) is 4.25. The minimum Gasteiger partial charge on any atom is -0.497 e. The van der Waals surface area contributed by atoms with Crippen LogP contribution in [0.5, 0.6) is 11.5 Å². The molecule has 6 aliphatic rings. The molecule has 2 aromatic rings. The van der Waals surface area contributed by atoms with Gasteiger partial charge in [0.05, 0.1) is 49.8 Å². The first-order valence-electron chi connectivity index (χ1n) is 18.4. The van der Waals surface area contributed by atoms with Gasteiger partial charge in [0.25, 0.3) is 0 Å². The third-order valence-corrected chi connectivity index (χ3v) is 14.2. The molecule has 11 nitrogen and oxygen atoms in total. The van der Waals surface area contributed by atoms with Crippen molar-refractivity contribution in [2.75, 3.05) is 55.2 Å². The Morgan fingerprint density at radius 2 is 1.47 bits per heavy atom. The van der Waals surface area contributed by atoms with Crippen LogP contribution in [0, 0.1) is 40.4 Å². The summed E-state index contributed by atoms with van der Waals surface area (Å²) in [4.78, 5) is 30.5. The summed E-state index contributed by atoms with van der Waals surface area (Å²) in [6.45, 7) is 4.28. The Morgan fingerprint density at radius 1 is 0.843 bits per heavy atom. The van der Waals surface area contributed by atoms with Crippen molar-refractivity contribution in [2.24, 2.45) is 40.4 Å². The fraction of sp³-hybridized carbons (Fsp3) is 0.650. The summed E-state index contributed by atoms with van der Waals surface area (Å²) >= 11 is 0. The topological polar surface area (TPSA) is 122 Å². The normalized spacial score (nSPS) is 41.5. The van der Waals surface area contributed by atoms with Crippen molar-refractivity contribution in [3.05, 3.63) is 59.7 Å². The molecular formula is C40H51NO10. The summed E-state index contributed by atoms with van der Waals surface area (Å²) in [5, 5.41) is 13.4. The van der Waals surface area contributed by atoms with E-state index >= 15 is 0 Å². The molecule has 51 heavy (non-hydrogen) atoms. The first-order valence-corrected chi connectivity index (χ1v) is 18.4. The van der Waals surface area contributed by atoms with E-state index in [-0.39, 0.29) is 53.3 Å². The second kappa shape index (κ2) is 12.7. The van der Waals surface area contributed by atoms with Gasteiger partial charge in [0, 0.05) is 74.8 Å². The zero-order chi connectivity index (χ0) is 35.9. The van der Waals surface area contributed by atoms with E-state index in [4.69, 9.17) is 33.2 Å². The van der Waals surface area contributed by atoms with Gasteiger partial charge >= 0.3 is 11.9 Å². The zero-order valence-corrected chi connectivity index (χ0v) is 30.4. The summed E-state index contributed by atoms with van der Waals surface area (Å²) in [7, 11) is 8.38. The molecule has 7 bridgehead atoms. The molecule has 5 saturated carbocycles. The smallest absolute Gasteiger partial charge is 0.338 e. The number of carbonyl (C=O) groups excluding carboxylic acids is 2. The summed E-state index contributed by atoms with van der Waals surface area (Å²) in [6, 6.07) is 13.8. The summed E-state index contributed by atoms with van der Waals surface area (Å²) in [5.41, 5.74) is -1.28. The van der Waals surface area contributed by atoms with E-state index < -0.39 is 35.1 Å². The van der Waals surface area contributed by atoms with Gasteiger partial charge in [-0.3, -0.25) is 4.90 Å². The molecule has 2 aromatic carbocycles. The first kappa shape index (κ1) is 34.8. The van der Waals surface area contributed by atoms with E-state index in [0.717, 1.165) is 19.5 Å². The van der Waals surface area contributed by atoms with Gasteiger partial charge in [-0.25, -0.2) is 9.59 Å². The van der Waals surface area contributed by atoms with E-state index in [0.29, 0.717) is 48.5 Å². The molecule has 13 atom stereocenters. The third-order valence-electron chi connectivity index (χ3n) is 14.2. The quantitative estimate of drug-likeness (QED) is 0.338. The van der Waals surface area contributed by atoms with Gasteiger partial charge < -0.3 is 38.3 Å². The minimum absolute atomic E-state index is 0.0625. The number of fused-ring (bicyclic) bond motifs is 2. The van der Waals surface area contributed by atoms with Crippen LogP contribution in [0.25, 0.3) is 0 Å². The van der Waals surface area contributed by atoms with Gasteiger partial charge in [0.1, 0.15) is 23.7 Å². The van der Waals surface area contributed by atoms with Crippen molar-refractivity contribution in [1.29, 1.82) is 0 Å². The number of methoxy groups -OCH3 is 5. The monoisotopic (exact) mass is 705 g/mol. The van der Waals surface area contributed by atoms with Crippen LogP contribution < -0.4 is 9.47 Å². The Labute approximate surface area is 299 Å². The van der Waals surface area contributed by atoms with Crippen molar-refractivity contribution in [1.82, 2.24) is 4.90 Å². The van der Waals surface area contributed by atoms with Gasteiger partial charge in [0.15, 0.2) is 0 Å². The number of likely N-dealkylation sites (tertiary alicyclic amines) is 1. The number of nitrogens with zero attached hydrogens (tertiary/aromatic N) is 1. The molecule has 1 N–H and O–H groups in total. The number of carbonyl (C=O) groups is 2. The van der Waals surface area contributed by atoms with Crippen molar-refractivity contribution in [3.8, 4) is 11.5 Å². The van der Waals surface area contributed by atoms with Crippen LogP contribution in [-0.4, -0.2) is 113 Å². The molecule has 1 aliphatic heterocycles. The average molecular weight is 706 g/mol. The number of rotatable bonds is 11. The lowest BCUT2D eigenvalue weighted by atomic mass is 9.43. The van der Waals surface area contributed by atoms with Crippen molar-refractivity contribution in [2.45, 2.75) is 68.7 Å². The number of benzene rings is 2. The van der Waals surface area contributed by atoms with E-state index in [1.165, 1.54) is 0 Å². The van der Waals surface area contributed by atoms with Crippen LogP contribution in [0.3, 0.4) is 0 Å². The largest absolute Gasteiger partial charge is 0.497 e. The second-order valence-electron chi connectivity index (χ2n) is 15.8. The summed E-state index contributed by atoms with van der Waals surface area (Å²) in [5.74, 6) is -0.615. The lowest BCUT2D eigenvalue weighted by Crippen LogP contribution is -2.76. The molecule has 1 spiro atoms. The fourth-order valence-electron chi connectivity index (χ4n) is 12.8. The molecule has 0 aromatic heterocycles. The first-order chi connectivity index (χ1) is 24.6. The summed E-state index contributed by atoms with van der Waals surface area (Å²) < 4.78 is 42.8. The van der Waals surface area contributed by atoms with E-state index in [2.05, 4.69) is 11.8 Å². The number of ether oxygens (including phenoxy) is 7. The Bertz CT molecular complexity index is 1630. The molecule has 5 aliphatic carbocycles. The lowest BCUT2D eigenvalue weighted by molar-refractivity contribution is -0.271. The fourth-order valence-corrected chi connectivity index (χ4v) is 12.8. The highest BCUT2D eigenvalue weighted by Crippen LogP contribution is 2.79. The molecule has 1 saturated heterocycles. The molecule has 1 heterocycles. The van der Waals surface area contributed by atoms with E-state index in [1.54, 1.807) is 84.1 Å². The Morgan fingerprint density at radius 3 is 2.02 bits per heavy atom. The maximum absolute atomic E-state index is 14.1. The van der Waals surface area contributed by atoms with Gasteiger partial charge in [-0.2, -0.15) is 0 Å². The number of hydrogen-bond donors (Lipinski definition) is 1. The van der Waals surface area contributed by atoms with Crippen molar-refractivity contribution >= 4 is 11.9 Å². The van der Waals surface area contributed by atoms with Crippen molar-refractivity contribution in [3.63, 3.8) is 0 Å². The standard InChI is InChI=1S/C40H51NO10/c1-7-41-20-38(21-45-2)17-16-29(50-36(42)22-8-12-24(46-3)13-9-22)40-27-18-26-28(48-5)19-39(44,31(35(40)41)33(49-6)34(38)40)30(27)32(26)51-37(43)23-10-14-25(47-4)15-11-23/h8-15,26-35,44H,7,16-21H2,1-6H3/t26-,27-,28+,29+,30-,31+,32+,33+,34-,35?,38+,39-,40+/m1/s1. The van der Waals surface area contributed by atoms with Crippen LogP contribution >= 0.6 is 0 Å². The van der Waals surface area contributed by atoms with Gasteiger partial charge in [0.2, 0.25) is 0 Å². The van der Waals surface area contributed by atoms with Crippen LogP contribution in [-0.2, 0) is 23.7 Å². The Balaban J connectivity index is 1.27. The zero-order valence-electron chi connectivity index (χ0n) is 30.4. The Hall–Kier alpha value is -3.22. The SMILES string of the molecule is CCN1C[C@]2(COC)CC[C@H](OC(=O)c3ccc(OC)cc3)[C@]34C1[C@H]([C@H](OC)[C@H]23)[C@@]1(O)C[C@H](OC)[C@H]2C[C@@H]4[C@@H]1[C@H]2OC(=O)c1ccc(OC)cc1. The highest BCUT2D eigenvalue weighted by molar-refractivity contribution is 5.90. The lowest BCUT2D eigenvalue weighted by Gasteiger charge is -2.68. The van der Waals surface area contributed by atoms with Crippen LogP contribution in [0.4, 0.5) is 0 Å². The average Bonchev–Trinajstić information content (AvgIpc) is 3.59. The highest BCUT2D eigenvalue weighted by Gasteiger charge is 2.87. The number of esters is 2. The third kappa shape index (κ3) is 4.73. The van der Waals surface area contributed by atoms with Crippen LogP contribution in [0.2, 0.25) is 0 Å². The number of aliphatic hydroxyl groups is 1. The molecule has 11 heteroatoms. The summed E-state index contributed by atoms with van der Waals surface area (Å²) in [6.07, 6.45) is 0.801. The molecule has 0 amide bonds. The molecule has 8 rings (SSSR count). The Kier molecular flexibility index (Phi) is 8.69. The predicted molar refractivity (Wildman–Crippen MR) is 185 cm³/mol. The van der Waals surface area contributed by atoms with E-state index in [9.17, 15) is 14.7 Å². The van der Waals surface area contributed by atoms with E-state index in [1.807, 2.05) is 0 Å². The van der Waals surface area contributed by atoms with Gasteiger partial charge in [-0.1, -0.05) is 6.92 Å². The molecule has 1 unspecified atom stereocenters. The molecule has 276 valence electrons. The van der Waals surface area contributed by atoms with Crippen LogP contribution in [0.1, 0.15) is 53.3 Å². The highest BCUT2D eigenvalue weighted by atomic mass is 16.6. The van der Waals surface area contributed by atoms with Gasteiger partial charge in [-0.05, 0) is 80.3 Å². The molecular weight excluding hydrogens is 654 g/mol. The van der Waals surface area contributed by atoms with Crippen molar-refractivity contribution < 1.29 is 47.9 Å². The maximum atomic E-state index is 14.1. The number of piperidine rings is 1.